The van der Waals surface area contributed by atoms with Crippen LogP contribution >= 0.6 is 0 Å². The topological polar surface area (TPSA) is 55.9 Å². The summed E-state index contributed by atoms with van der Waals surface area (Å²) < 4.78 is 15.1. The third-order valence-corrected chi connectivity index (χ3v) is 2.84. The lowest BCUT2D eigenvalue weighted by Crippen LogP contribution is -2.31. The van der Waals surface area contributed by atoms with Gasteiger partial charge in [0.05, 0.1) is 0 Å². The third kappa shape index (κ3) is 2.20. The molecule has 0 saturated heterocycles. The predicted octanol–water partition coefficient (Wildman–Crippen LogP) is 1.42. The number of benzene rings is 1. The monoisotopic (exact) mass is 234 g/mol. The summed E-state index contributed by atoms with van der Waals surface area (Å²) in [5.74, 6) is 6.03. The van der Waals surface area contributed by atoms with Gasteiger partial charge < -0.3 is 4.57 Å². The van der Waals surface area contributed by atoms with Crippen molar-refractivity contribution in [3.05, 3.63) is 53.4 Å². The van der Waals surface area contributed by atoms with Crippen LogP contribution in [0.1, 0.15) is 23.0 Å². The van der Waals surface area contributed by atoms with Gasteiger partial charge in [0, 0.05) is 19.4 Å². The number of hydrazine groups is 1. The molecule has 0 aliphatic carbocycles. The Kier molecular flexibility index (Phi) is 3.21. The number of halogens is 1. The first-order valence-corrected chi connectivity index (χ1v) is 5.33. The van der Waals surface area contributed by atoms with Crippen LogP contribution in [0.5, 0.6) is 0 Å². The van der Waals surface area contributed by atoms with Crippen LogP contribution in [0.3, 0.4) is 0 Å². The SMILES string of the molecule is Cc1ccc(F)cc1C(NN)c1nccn1C. The largest absolute Gasteiger partial charge is 0.336 e. The van der Waals surface area contributed by atoms with Gasteiger partial charge >= 0.3 is 0 Å². The smallest absolute Gasteiger partial charge is 0.131 e. The molecule has 3 N–H and O–H groups in total. The molecule has 1 atom stereocenters. The second-order valence-corrected chi connectivity index (χ2v) is 4.00. The zero-order valence-electron chi connectivity index (χ0n) is 9.81. The Hall–Kier alpha value is -1.72. The summed E-state index contributed by atoms with van der Waals surface area (Å²) in [6.45, 7) is 1.92. The van der Waals surface area contributed by atoms with Crippen LogP contribution in [0.25, 0.3) is 0 Å². The lowest BCUT2D eigenvalue weighted by Gasteiger charge is -2.18. The molecule has 1 unspecified atom stereocenters. The van der Waals surface area contributed by atoms with Gasteiger partial charge in [-0.05, 0) is 30.2 Å². The molecule has 0 aliphatic heterocycles. The highest BCUT2D eigenvalue weighted by molar-refractivity contribution is 5.33. The Labute approximate surface area is 99.2 Å². The number of rotatable bonds is 3. The summed E-state index contributed by atoms with van der Waals surface area (Å²) in [4.78, 5) is 4.23. The molecule has 0 radical (unpaired) electrons. The van der Waals surface area contributed by atoms with Gasteiger partial charge in [-0.25, -0.2) is 14.8 Å². The highest BCUT2D eigenvalue weighted by Crippen LogP contribution is 2.23. The van der Waals surface area contributed by atoms with Gasteiger partial charge in [0.15, 0.2) is 0 Å². The number of imidazole rings is 1. The van der Waals surface area contributed by atoms with Crippen molar-refractivity contribution in [2.45, 2.75) is 13.0 Å². The molecule has 0 bridgehead atoms. The van der Waals surface area contributed by atoms with Gasteiger partial charge in [0.2, 0.25) is 0 Å². The molecular formula is C12H15FN4. The normalized spacial score (nSPS) is 12.7. The lowest BCUT2D eigenvalue weighted by atomic mass is 10.0. The Bertz CT molecular complexity index is 521. The first-order chi connectivity index (χ1) is 8.13. The standard InChI is InChI=1S/C12H15FN4/c1-8-3-4-9(13)7-10(8)11(16-14)12-15-5-6-17(12)2/h3-7,11,16H,14H2,1-2H3. The maximum atomic E-state index is 13.3. The molecule has 5 heteroatoms. The molecule has 0 fully saturated rings. The molecule has 90 valence electrons. The van der Waals surface area contributed by atoms with E-state index in [0.717, 1.165) is 17.0 Å². The van der Waals surface area contributed by atoms with Crippen molar-refractivity contribution in [2.75, 3.05) is 0 Å². The van der Waals surface area contributed by atoms with E-state index in [2.05, 4.69) is 10.4 Å². The average molecular weight is 234 g/mol. The van der Waals surface area contributed by atoms with Gasteiger partial charge in [-0.2, -0.15) is 0 Å². The fraction of sp³-hybridized carbons (Fsp3) is 0.250. The summed E-state index contributed by atoms with van der Waals surface area (Å²) in [5, 5.41) is 0. The Balaban J connectivity index is 2.49. The van der Waals surface area contributed by atoms with Crippen molar-refractivity contribution in [1.82, 2.24) is 15.0 Å². The van der Waals surface area contributed by atoms with E-state index in [-0.39, 0.29) is 11.9 Å². The second kappa shape index (κ2) is 4.65. The van der Waals surface area contributed by atoms with Gasteiger partial charge in [-0.1, -0.05) is 6.07 Å². The zero-order valence-corrected chi connectivity index (χ0v) is 9.81. The van der Waals surface area contributed by atoms with Crippen LogP contribution in [-0.4, -0.2) is 9.55 Å². The quantitative estimate of drug-likeness (QED) is 0.624. The molecule has 17 heavy (non-hydrogen) atoms. The molecule has 0 saturated carbocycles. The van der Waals surface area contributed by atoms with Crippen molar-refractivity contribution in [3.8, 4) is 0 Å². The number of hydrogen-bond acceptors (Lipinski definition) is 3. The molecule has 0 aliphatic rings. The molecule has 2 aromatic rings. The maximum Gasteiger partial charge on any atom is 0.131 e. The van der Waals surface area contributed by atoms with E-state index < -0.39 is 0 Å². The predicted molar refractivity (Wildman–Crippen MR) is 63.5 cm³/mol. The summed E-state index contributed by atoms with van der Waals surface area (Å²) >= 11 is 0. The summed E-state index contributed by atoms with van der Waals surface area (Å²) in [7, 11) is 1.88. The van der Waals surface area contributed by atoms with Crippen LogP contribution in [-0.2, 0) is 7.05 Å². The first kappa shape index (κ1) is 11.8. The number of aromatic nitrogens is 2. The molecule has 1 heterocycles. The van der Waals surface area contributed by atoms with Crippen LogP contribution in [0.4, 0.5) is 4.39 Å². The lowest BCUT2D eigenvalue weighted by molar-refractivity contribution is 0.567. The second-order valence-electron chi connectivity index (χ2n) is 4.00. The Morgan fingerprint density at radius 2 is 2.24 bits per heavy atom. The van der Waals surface area contributed by atoms with E-state index in [9.17, 15) is 4.39 Å². The van der Waals surface area contributed by atoms with E-state index in [1.165, 1.54) is 12.1 Å². The van der Waals surface area contributed by atoms with Gasteiger partial charge in [0.1, 0.15) is 17.7 Å². The van der Waals surface area contributed by atoms with Crippen molar-refractivity contribution >= 4 is 0 Å². The van der Waals surface area contributed by atoms with Gasteiger partial charge in [-0.3, -0.25) is 5.84 Å². The molecule has 0 amide bonds. The Morgan fingerprint density at radius 3 is 2.82 bits per heavy atom. The van der Waals surface area contributed by atoms with Gasteiger partial charge in [0.25, 0.3) is 0 Å². The van der Waals surface area contributed by atoms with Crippen LogP contribution < -0.4 is 11.3 Å². The van der Waals surface area contributed by atoms with Crippen molar-refractivity contribution < 1.29 is 4.39 Å². The summed E-state index contributed by atoms with van der Waals surface area (Å²) in [6, 6.07) is 4.34. The minimum absolute atomic E-state index is 0.278. The van der Waals surface area contributed by atoms with Crippen LogP contribution in [0.2, 0.25) is 0 Å². The van der Waals surface area contributed by atoms with Crippen LogP contribution in [0, 0.1) is 12.7 Å². The highest BCUT2D eigenvalue weighted by atomic mass is 19.1. The molecule has 4 nitrogen and oxygen atoms in total. The molecule has 2 rings (SSSR count). The number of aryl methyl sites for hydroxylation is 2. The minimum Gasteiger partial charge on any atom is -0.336 e. The maximum absolute atomic E-state index is 13.3. The molecule has 0 spiro atoms. The molecule has 1 aromatic carbocycles. The van der Waals surface area contributed by atoms with E-state index in [1.807, 2.05) is 24.7 Å². The van der Waals surface area contributed by atoms with Crippen molar-refractivity contribution in [2.24, 2.45) is 12.9 Å². The number of hydrogen-bond donors (Lipinski definition) is 2. The Morgan fingerprint density at radius 1 is 1.47 bits per heavy atom. The van der Waals surface area contributed by atoms with Crippen molar-refractivity contribution in [3.63, 3.8) is 0 Å². The number of nitrogens with zero attached hydrogens (tertiary/aromatic N) is 2. The minimum atomic E-state index is -0.314. The van der Waals surface area contributed by atoms with Gasteiger partial charge in [-0.15, -0.1) is 0 Å². The number of nitrogens with two attached hydrogens (primary N) is 1. The summed E-state index contributed by atoms with van der Waals surface area (Å²) in [6.07, 6.45) is 3.52. The summed E-state index contributed by atoms with van der Waals surface area (Å²) in [5.41, 5.74) is 4.44. The molecular weight excluding hydrogens is 219 g/mol. The fourth-order valence-electron chi connectivity index (χ4n) is 1.88. The average Bonchev–Trinajstić information content (AvgIpc) is 2.71. The fourth-order valence-corrected chi connectivity index (χ4v) is 1.88. The number of nitrogens with one attached hydrogen (secondary N) is 1. The van der Waals surface area contributed by atoms with E-state index >= 15 is 0 Å². The molecule has 1 aromatic heterocycles. The zero-order chi connectivity index (χ0) is 12.4. The van der Waals surface area contributed by atoms with Crippen LogP contribution in [0.15, 0.2) is 30.6 Å². The highest BCUT2D eigenvalue weighted by Gasteiger charge is 2.18. The third-order valence-electron chi connectivity index (χ3n) is 2.84. The van der Waals surface area contributed by atoms with E-state index in [1.54, 1.807) is 12.3 Å². The first-order valence-electron chi connectivity index (χ1n) is 5.33. The van der Waals surface area contributed by atoms with E-state index in [0.29, 0.717) is 0 Å². The van der Waals surface area contributed by atoms with Crippen molar-refractivity contribution in [1.29, 1.82) is 0 Å². The van der Waals surface area contributed by atoms with E-state index in [4.69, 9.17) is 5.84 Å².